The van der Waals surface area contributed by atoms with Crippen LogP contribution in [0.2, 0.25) is 0 Å². The van der Waals surface area contributed by atoms with Crippen LogP contribution in [-0.4, -0.2) is 31.8 Å². The van der Waals surface area contributed by atoms with Crippen LogP contribution in [0.5, 0.6) is 5.75 Å². The summed E-state index contributed by atoms with van der Waals surface area (Å²) in [5.41, 5.74) is 0.443. The zero-order chi connectivity index (χ0) is 23.3. The van der Waals surface area contributed by atoms with E-state index in [1.807, 2.05) is 0 Å². The number of aromatic amines is 1. The Kier molecular flexibility index (Phi) is 5.25. The van der Waals surface area contributed by atoms with Gasteiger partial charge in [-0.2, -0.15) is 0 Å². The fourth-order valence-corrected chi connectivity index (χ4v) is 4.82. The fraction of sp³-hybridized carbons (Fsp3) is 0.227. The summed E-state index contributed by atoms with van der Waals surface area (Å²) in [5, 5.41) is 11.2. The summed E-state index contributed by atoms with van der Waals surface area (Å²) in [6.07, 6.45) is 0. The van der Waals surface area contributed by atoms with Crippen LogP contribution in [0.15, 0.2) is 33.9 Å². The van der Waals surface area contributed by atoms with Crippen molar-refractivity contribution >= 4 is 28.3 Å². The summed E-state index contributed by atoms with van der Waals surface area (Å²) in [6, 6.07) is 5.59. The van der Waals surface area contributed by atoms with Gasteiger partial charge in [0.05, 0.1) is 22.6 Å². The number of thiophene rings is 1. The zero-order valence-corrected chi connectivity index (χ0v) is 18.6. The van der Waals surface area contributed by atoms with Gasteiger partial charge in [0.15, 0.2) is 0 Å². The molecule has 0 fully saturated rings. The van der Waals surface area contributed by atoms with Crippen molar-refractivity contribution in [2.75, 3.05) is 6.61 Å². The Bertz CT molecular complexity index is 1490. The average Bonchev–Trinajstić information content (AvgIpc) is 3.28. The second kappa shape index (κ2) is 7.79. The molecule has 32 heavy (non-hydrogen) atoms. The average molecular weight is 457 g/mol. The summed E-state index contributed by atoms with van der Waals surface area (Å²) in [4.78, 5) is 41.9. The van der Waals surface area contributed by atoms with Crippen LogP contribution in [0.3, 0.4) is 0 Å². The van der Waals surface area contributed by atoms with E-state index in [4.69, 9.17) is 4.74 Å². The van der Waals surface area contributed by atoms with Crippen molar-refractivity contribution in [1.82, 2.24) is 14.1 Å². The molecule has 0 amide bonds. The van der Waals surface area contributed by atoms with E-state index in [0.717, 1.165) is 15.9 Å². The Balaban J connectivity index is 2.15. The first-order valence-electron chi connectivity index (χ1n) is 9.74. The number of nitrogens with zero attached hydrogens (tertiary/aromatic N) is 2. The smallest absolute Gasteiger partial charge is 0.343 e. The molecule has 0 bridgehead atoms. The van der Waals surface area contributed by atoms with Crippen LogP contribution in [0.1, 0.15) is 22.2 Å². The zero-order valence-electron chi connectivity index (χ0n) is 17.8. The fourth-order valence-electron chi connectivity index (χ4n) is 3.73. The molecule has 8 nitrogen and oxygen atoms in total. The maximum absolute atomic E-state index is 13.5. The Hall–Kier alpha value is -3.66. The number of halogens is 1. The molecule has 0 saturated heterocycles. The molecule has 0 saturated carbocycles. The van der Waals surface area contributed by atoms with Crippen LogP contribution in [-0.2, 0) is 18.8 Å². The lowest BCUT2D eigenvalue weighted by molar-refractivity contribution is 0.0523. The molecule has 166 valence electrons. The highest BCUT2D eigenvalue weighted by Gasteiger charge is 2.29. The van der Waals surface area contributed by atoms with E-state index in [1.54, 1.807) is 13.8 Å². The van der Waals surface area contributed by atoms with Gasteiger partial charge in [-0.05, 0) is 43.7 Å². The topological polar surface area (TPSA) is 106 Å². The number of aromatic hydroxyl groups is 1. The Morgan fingerprint density at radius 2 is 1.84 bits per heavy atom. The molecule has 4 rings (SSSR count). The predicted molar refractivity (Wildman–Crippen MR) is 120 cm³/mol. The minimum atomic E-state index is -0.673. The molecule has 0 unspecified atom stereocenters. The number of esters is 1. The number of aryl methyl sites for hydroxylation is 2. The molecule has 1 aromatic carbocycles. The van der Waals surface area contributed by atoms with Gasteiger partial charge in [0, 0.05) is 24.5 Å². The summed E-state index contributed by atoms with van der Waals surface area (Å²) >= 11 is 1.12. The number of carbonyl (C=O) groups excluding carboxylic acids is 1. The summed E-state index contributed by atoms with van der Waals surface area (Å²) in [5.74, 6) is -1.42. The number of hydrogen-bond donors (Lipinski definition) is 2. The van der Waals surface area contributed by atoms with Gasteiger partial charge < -0.3 is 14.8 Å². The third-order valence-electron chi connectivity index (χ3n) is 5.31. The SMILES string of the molecule is CCOC(=O)c1c(C)sc(-c2c(-c3ccc(F)cc3)[nH]c3c2c(=O)n(C)c(=O)n3C)c1O. The molecular weight excluding hydrogens is 437 g/mol. The van der Waals surface area contributed by atoms with E-state index in [-0.39, 0.29) is 33.8 Å². The van der Waals surface area contributed by atoms with E-state index < -0.39 is 23.0 Å². The first-order chi connectivity index (χ1) is 15.2. The minimum absolute atomic E-state index is 0.0212. The largest absolute Gasteiger partial charge is 0.505 e. The number of ether oxygens (including phenoxy) is 1. The van der Waals surface area contributed by atoms with Crippen molar-refractivity contribution in [3.63, 3.8) is 0 Å². The number of rotatable bonds is 4. The quantitative estimate of drug-likeness (QED) is 0.458. The third-order valence-corrected chi connectivity index (χ3v) is 6.42. The van der Waals surface area contributed by atoms with Crippen molar-refractivity contribution in [2.24, 2.45) is 14.1 Å². The number of benzene rings is 1. The maximum Gasteiger partial charge on any atom is 0.343 e. The molecule has 10 heteroatoms. The molecule has 4 aromatic rings. The van der Waals surface area contributed by atoms with E-state index in [1.165, 1.54) is 42.9 Å². The van der Waals surface area contributed by atoms with Crippen molar-refractivity contribution in [3.8, 4) is 27.4 Å². The molecule has 3 heterocycles. The van der Waals surface area contributed by atoms with Gasteiger partial charge in [-0.1, -0.05) is 0 Å². The number of fused-ring (bicyclic) bond motifs is 1. The van der Waals surface area contributed by atoms with Gasteiger partial charge >= 0.3 is 11.7 Å². The van der Waals surface area contributed by atoms with E-state index in [0.29, 0.717) is 21.7 Å². The van der Waals surface area contributed by atoms with Gasteiger partial charge in [-0.15, -0.1) is 11.3 Å². The second-order valence-corrected chi connectivity index (χ2v) is 8.47. The molecular formula is C22H20FN3O5S. The molecule has 0 aliphatic heterocycles. The van der Waals surface area contributed by atoms with E-state index >= 15 is 0 Å². The Morgan fingerprint density at radius 1 is 1.19 bits per heavy atom. The normalized spacial score (nSPS) is 11.3. The number of H-pyrrole nitrogens is 1. The molecule has 2 N–H and O–H groups in total. The van der Waals surface area contributed by atoms with Crippen LogP contribution < -0.4 is 11.2 Å². The lowest BCUT2D eigenvalue weighted by atomic mass is 10.0. The van der Waals surface area contributed by atoms with Gasteiger partial charge in [0.1, 0.15) is 22.8 Å². The summed E-state index contributed by atoms with van der Waals surface area (Å²) in [7, 11) is 2.88. The Morgan fingerprint density at radius 3 is 2.47 bits per heavy atom. The summed E-state index contributed by atoms with van der Waals surface area (Å²) < 4.78 is 20.9. The molecule has 0 aliphatic rings. The predicted octanol–water partition coefficient (Wildman–Crippen LogP) is 3.29. The Labute approximate surface area is 185 Å². The van der Waals surface area contributed by atoms with E-state index in [9.17, 15) is 23.9 Å². The molecule has 0 spiro atoms. The van der Waals surface area contributed by atoms with Gasteiger partial charge in [0.25, 0.3) is 5.56 Å². The van der Waals surface area contributed by atoms with Gasteiger partial charge in [-0.3, -0.25) is 13.9 Å². The monoisotopic (exact) mass is 457 g/mol. The van der Waals surface area contributed by atoms with Crippen molar-refractivity contribution in [2.45, 2.75) is 13.8 Å². The summed E-state index contributed by atoms with van der Waals surface area (Å²) in [6.45, 7) is 3.47. The number of aromatic nitrogens is 3. The highest BCUT2D eigenvalue weighted by molar-refractivity contribution is 7.16. The highest BCUT2D eigenvalue weighted by Crippen LogP contribution is 2.47. The van der Waals surface area contributed by atoms with Crippen molar-refractivity contribution in [1.29, 1.82) is 0 Å². The first kappa shape index (κ1) is 21.6. The minimum Gasteiger partial charge on any atom is -0.505 e. The van der Waals surface area contributed by atoms with Crippen LogP contribution in [0.4, 0.5) is 4.39 Å². The van der Waals surface area contributed by atoms with Crippen LogP contribution in [0.25, 0.3) is 32.7 Å². The lowest BCUT2D eigenvalue weighted by Gasteiger charge is -2.06. The van der Waals surface area contributed by atoms with Crippen LogP contribution >= 0.6 is 11.3 Å². The number of hydrogen-bond acceptors (Lipinski definition) is 6. The lowest BCUT2D eigenvalue weighted by Crippen LogP contribution is -2.36. The third kappa shape index (κ3) is 3.14. The maximum atomic E-state index is 13.5. The standard InChI is InChI=1S/C22H20FN3O5S/c1-5-31-21(29)13-10(2)32-18(17(13)27)14-15-19(25(3)22(30)26(4)20(15)28)24-16(14)11-6-8-12(23)9-7-11/h6-9,24,27H,5H2,1-4H3. The van der Waals surface area contributed by atoms with Crippen molar-refractivity contribution in [3.05, 3.63) is 61.4 Å². The van der Waals surface area contributed by atoms with Gasteiger partial charge in [-0.25, -0.2) is 14.0 Å². The highest BCUT2D eigenvalue weighted by atomic mass is 32.1. The number of carbonyl (C=O) groups is 1. The first-order valence-corrected chi connectivity index (χ1v) is 10.6. The second-order valence-electron chi connectivity index (χ2n) is 7.24. The molecule has 0 atom stereocenters. The molecule has 3 aromatic heterocycles. The molecule has 0 radical (unpaired) electrons. The van der Waals surface area contributed by atoms with Gasteiger partial charge in [0.2, 0.25) is 0 Å². The molecule has 0 aliphatic carbocycles. The van der Waals surface area contributed by atoms with Crippen molar-refractivity contribution < 1.29 is 19.0 Å². The van der Waals surface area contributed by atoms with Crippen LogP contribution in [0, 0.1) is 12.7 Å². The number of nitrogens with one attached hydrogen (secondary N) is 1. The van der Waals surface area contributed by atoms with E-state index in [2.05, 4.69) is 4.98 Å².